The Labute approximate surface area is 292 Å². The number of aryl methyl sites for hydroxylation is 2. The number of carboxylic acid groups (broad SMARTS) is 1. The number of carboxylic acids is 1. The Morgan fingerprint density at radius 1 is 0.740 bits per heavy atom. The van der Waals surface area contributed by atoms with Gasteiger partial charge in [-0.05, 0) is 96.7 Å². The summed E-state index contributed by atoms with van der Waals surface area (Å²) < 4.78 is 21.2. The van der Waals surface area contributed by atoms with Crippen LogP contribution < -0.4 is 24.6 Å². The summed E-state index contributed by atoms with van der Waals surface area (Å²) in [6, 6.07) is 6.62. The molecule has 2 aliphatic heterocycles. The molecule has 4 rings (SSSR count). The quantitative estimate of drug-likeness (QED) is 0.319. The minimum atomic E-state index is -1.06. The molecule has 0 bridgehead atoms. The van der Waals surface area contributed by atoms with Crippen LogP contribution in [0.3, 0.4) is 0 Å². The SMILES string of the molecule is CCNC(=O)CCCN1C(=O)C(C)(C)Oc2cc(C)c(C(=O)OC)cc21.COC(=O)c1cc2c(cc1C)OC(C)(C)C(=O)N2CCCC(=O)O. The third-order valence-electron chi connectivity index (χ3n) is 8.19. The maximum absolute atomic E-state index is 12.8. The predicted molar refractivity (Wildman–Crippen MR) is 184 cm³/mol. The summed E-state index contributed by atoms with van der Waals surface area (Å²) in [6.07, 6.45) is 1.09. The second-order valence-electron chi connectivity index (χ2n) is 12.9. The number of anilines is 2. The number of carbonyl (C=O) groups excluding carboxylic acids is 5. The summed E-state index contributed by atoms with van der Waals surface area (Å²) in [6.45, 7) is 13.3. The Kier molecular flexibility index (Phi) is 12.6. The van der Waals surface area contributed by atoms with Crippen molar-refractivity contribution < 1.29 is 52.8 Å². The molecule has 2 heterocycles. The van der Waals surface area contributed by atoms with Gasteiger partial charge in [0.1, 0.15) is 11.5 Å². The molecule has 272 valence electrons. The van der Waals surface area contributed by atoms with Crippen molar-refractivity contribution in [3.8, 4) is 11.5 Å². The van der Waals surface area contributed by atoms with Crippen LogP contribution in [-0.2, 0) is 28.7 Å². The number of methoxy groups -OCH3 is 2. The van der Waals surface area contributed by atoms with Crippen LogP contribution in [0, 0.1) is 13.8 Å². The lowest BCUT2D eigenvalue weighted by molar-refractivity contribution is -0.137. The lowest BCUT2D eigenvalue weighted by atomic mass is 10.00. The first-order valence-corrected chi connectivity index (χ1v) is 16.3. The summed E-state index contributed by atoms with van der Waals surface area (Å²) >= 11 is 0. The van der Waals surface area contributed by atoms with Crippen molar-refractivity contribution in [2.75, 3.05) is 43.7 Å². The average molecular weight is 698 g/mol. The number of carbonyl (C=O) groups is 6. The van der Waals surface area contributed by atoms with Crippen LogP contribution >= 0.6 is 0 Å². The molecule has 0 radical (unpaired) electrons. The van der Waals surface area contributed by atoms with Gasteiger partial charge in [0.25, 0.3) is 11.8 Å². The molecule has 14 heteroatoms. The lowest BCUT2D eigenvalue weighted by Gasteiger charge is -2.39. The molecule has 2 N–H and O–H groups in total. The van der Waals surface area contributed by atoms with E-state index in [1.165, 1.54) is 19.1 Å². The van der Waals surface area contributed by atoms with E-state index in [1.54, 1.807) is 70.7 Å². The number of esters is 2. The molecule has 0 aliphatic carbocycles. The van der Waals surface area contributed by atoms with Crippen LogP contribution in [0.2, 0.25) is 0 Å². The molecule has 3 amide bonds. The number of hydrogen-bond donors (Lipinski definition) is 2. The summed E-state index contributed by atoms with van der Waals surface area (Å²) in [5, 5.41) is 11.5. The van der Waals surface area contributed by atoms with E-state index in [2.05, 4.69) is 5.32 Å². The van der Waals surface area contributed by atoms with Crippen molar-refractivity contribution in [2.24, 2.45) is 0 Å². The normalized spacial score (nSPS) is 15.3. The van der Waals surface area contributed by atoms with Crippen molar-refractivity contribution in [2.45, 2.75) is 85.4 Å². The van der Waals surface area contributed by atoms with E-state index in [0.29, 0.717) is 77.5 Å². The summed E-state index contributed by atoms with van der Waals surface area (Å²) in [5.74, 6) is -1.40. The zero-order valence-electron chi connectivity index (χ0n) is 30.2. The highest BCUT2D eigenvalue weighted by Crippen LogP contribution is 2.41. The van der Waals surface area contributed by atoms with E-state index in [9.17, 15) is 28.8 Å². The summed E-state index contributed by atoms with van der Waals surface area (Å²) in [5.41, 5.74) is 1.02. The number of aliphatic carboxylic acids is 1. The smallest absolute Gasteiger partial charge is 0.338 e. The van der Waals surface area contributed by atoms with Crippen molar-refractivity contribution in [3.63, 3.8) is 0 Å². The minimum Gasteiger partial charge on any atom is -0.481 e. The van der Waals surface area contributed by atoms with Gasteiger partial charge in [0.05, 0.1) is 36.7 Å². The highest BCUT2D eigenvalue weighted by molar-refractivity contribution is 6.05. The highest BCUT2D eigenvalue weighted by Gasteiger charge is 2.42. The van der Waals surface area contributed by atoms with Gasteiger partial charge in [-0.1, -0.05) is 0 Å². The van der Waals surface area contributed by atoms with Crippen molar-refractivity contribution in [1.29, 1.82) is 0 Å². The van der Waals surface area contributed by atoms with E-state index in [1.807, 2.05) is 6.92 Å². The number of amides is 3. The predicted octanol–water partition coefficient (Wildman–Crippen LogP) is 4.35. The number of rotatable bonds is 11. The van der Waals surface area contributed by atoms with Crippen molar-refractivity contribution >= 4 is 47.0 Å². The Bertz CT molecular complexity index is 1660. The van der Waals surface area contributed by atoms with Crippen molar-refractivity contribution in [3.05, 3.63) is 46.5 Å². The molecular weight excluding hydrogens is 650 g/mol. The molecule has 0 saturated carbocycles. The first kappa shape index (κ1) is 39.3. The van der Waals surface area contributed by atoms with E-state index >= 15 is 0 Å². The van der Waals surface area contributed by atoms with E-state index in [4.69, 9.17) is 24.1 Å². The fourth-order valence-electron chi connectivity index (χ4n) is 5.61. The van der Waals surface area contributed by atoms with Gasteiger partial charge in [-0.2, -0.15) is 0 Å². The molecule has 0 saturated heterocycles. The van der Waals surface area contributed by atoms with Gasteiger partial charge in [-0.25, -0.2) is 9.59 Å². The van der Waals surface area contributed by atoms with Gasteiger partial charge in [-0.15, -0.1) is 0 Å². The summed E-state index contributed by atoms with van der Waals surface area (Å²) in [7, 11) is 2.60. The molecule has 2 aliphatic rings. The molecule has 0 atom stereocenters. The van der Waals surface area contributed by atoms with Gasteiger partial charge in [0, 0.05) is 32.5 Å². The molecular formula is C36H47N3O11. The molecule has 2 aromatic carbocycles. The molecule has 2 aromatic rings. The second kappa shape index (κ2) is 16.0. The Balaban J connectivity index is 0.000000271. The maximum Gasteiger partial charge on any atom is 0.338 e. The Hall–Kier alpha value is -5.14. The van der Waals surface area contributed by atoms with Crippen LogP contribution in [0.5, 0.6) is 11.5 Å². The maximum atomic E-state index is 12.8. The van der Waals surface area contributed by atoms with Gasteiger partial charge < -0.3 is 39.2 Å². The van der Waals surface area contributed by atoms with Crippen LogP contribution in [0.1, 0.15) is 92.1 Å². The first-order valence-electron chi connectivity index (χ1n) is 16.3. The van der Waals surface area contributed by atoms with Gasteiger partial charge in [0.2, 0.25) is 5.91 Å². The molecule has 0 unspecified atom stereocenters. The number of nitrogens with one attached hydrogen (secondary N) is 1. The fraction of sp³-hybridized carbons (Fsp3) is 0.500. The van der Waals surface area contributed by atoms with Crippen LogP contribution in [0.25, 0.3) is 0 Å². The lowest BCUT2D eigenvalue weighted by Crippen LogP contribution is -2.53. The minimum absolute atomic E-state index is 0.0455. The summed E-state index contributed by atoms with van der Waals surface area (Å²) in [4.78, 5) is 74.8. The van der Waals surface area contributed by atoms with E-state index in [-0.39, 0.29) is 30.7 Å². The van der Waals surface area contributed by atoms with Crippen LogP contribution in [-0.4, -0.2) is 85.8 Å². The van der Waals surface area contributed by atoms with Crippen molar-refractivity contribution in [1.82, 2.24) is 5.32 Å². The number of benzene rings is 2. The average Bonchev–Trinajstić information content (AvgIpc) is 3.03. The van der Waals surface area contributed by atoms with Gasteiger partial charge >= 0.3 is 17.9 Å². The first-order chi connectivity index (χ1) is 23.4. The van der Waals surface area contributed by atoms with Gasteiger partial charge in [0.15, 0.2) is 11.2 Å². The van der Waals surface area contributed by atoms with Gasteiger partial charge in [-0.3, -0.25) is 19.2 Å². The molecule has 0 fully saturated rings. The zero-order chi connectivity index (χ0) is 37.6. The Morgan fingerprint density at radius 2 is 1.14 bits per heavy atom. The second-order valence-corrected chi connectivity index (χ2v) is 12.9. The number of nitrogens with zero attached hydrogens (tertiary/aromatic N) is 2. The molecule has 0 aromatic heterocycles. The zero-order valence-corrected chi connectivity index (χ0v) is 30.2. The monoisotopic (exact) mass is 697 g/mol. The molecule has 14 nitrogen and oxygen atoms in total. The molecule has 0 spiro atoms. The number of hydrogen-bond acceptors (Lipinski definition) is 10. The number of ether oxygens (including phenoxy) is 4. The van der Waals surface area contributed by atoms with Crippen LogP contribution in [0.4, 0.5) is 11.4 Å². The fourth-order valence-corrected chi connectivity index (χ4v) is 5.61. The molecule has 50 heavy (non-hydrogen) atoms. The standard InChI is InChI=1S/C19H26N2O5.C17H21NO6/c1-6-20-16(22)8-7-9-21-14-11-13(17(23)25-5)12(2)10-15(14)26-19(3,4)18(21)24;1-10-8-13-12(9-11(10)15(21)23-4)18(7-5-6-14(19)20)16(22)17(2,3)24-13/h10-11H,6-9H2,1-5H3,(H,20,22);8-9H,5-7H2,1-4H3,(H,19,20). The van der Waals surface area contributed by atoms with E-state index < -0.39 is 29.1 Å². The van der Waals surface area contributed by atoms with Crippen LogP contribution in [0.15, 0.2) is 24.3 Å². The Morgan fingerprint density at radius 3 is 1.50 bits per heavy atom. The number of fused-ring (bicyclic) bond motifs is 2. The third-order valence-corrected chi connectivity index (χ3v) is 8.19. The topological polar surface area (TPSA) is 178 Å². The van der Waals surface area contributed by atoms with E-state index in [0.717, 1.165) is 0 Å². The highest BCUT2D eigenvalue weighted by atomic mass is 16.5. The largest absolute Gasteiger partial charge is 0.481 e. The third kappa shape index (κ3) is 8.90.